The summed E-state index contributed by atoms with van der Waals surface area (Å²) >= 11 is 0. The molecule has 0 bridgehead atoms. The molecule has 0 unspecified atom stereocenters. The van der Waals surface area contributed by atoms with E-state index in [1.54, 1.807) is 0 Å². The van der Waals surface area contributed by atoms with E-state index in [9.17, 15) is 9.59 Å². The number of nitrogens with one attached hydrogen (secondary N) is 2. The van der Waals surface area contributed by atoms with Crippen molar-refractivity contribution < 1.29 is 9.59 Å². The molecule has 11 heavy (non-hydrogen) atoms. The number of amides is 2. The molecule has 2 amide bonds. The predicted octanol–water partition coefficient (Wildman–Crippen LogP) is -1.13. The van der Waals surface area contributed by atoms with Crippen LogP contribution in [0, 0.1) is 11.8 Å². The predicted molar refractivity (Wildman–Crippen MR) is 40.5 cm³/mol. The summed E-state index contributed by atoms with van der Waals surface area (Å²) in [5, 5.41) is 4.76. The van der Waals surface area contributed by atoms with Gasteiger partial charge in [-0.1, -0.05) is 5.92 Å². The molecule has 0 aromatic heterocycles. The highest BCUT2D eigenvalue weighted by molar-refractivity contribution is 5.93. The molecule has 0 spiro atoms. The Morgan fingerprint density at radius 1 is 1.45 bits per heavy atom. The van der Waals surface area contributed by atoms with Crippen LogP contribution in [0.1, 0.15) is 6.92 Å². The first-order valence-corrected chi connectivity index (χ1v) is 3.12. The fourth-order valence-corrected chi connectivity index (χ4v) is 0.356. The second-order valence-electron chi connectivity index (χ2n) is 1.79. The van der Waals surface area contributed by atoms with Gasteiger partial charge in [-0.05, 0) is 5.92 Å². The molecule has 0 aliphatic heterocycles. The Kier molecular flexibility index (Phi) is 4.58. The molecule has 0 atom stereocenters. The first-order chi connectivity index (χ1) is 5.16. The van der Waals surface area contributed by atoms with Crippen LogP contribution in [0.25, 0.3) is 0 Å². The Morgan fingerprint density at radius 3 is 2.55 bits per heavy atom. The van der Waals surface area contributed by atoms with Crippen LogP contribution in [0.4, 0.5) is 0 Å². The summed E-state index contributed by atoms with van der Waals surface area (Å²) in [6.07, 6.45) is 0. The van der Waals surface area contributed by atoms with Crippen LogP contribution in [0.3, 0.4) is 0 Å². The normalized spacial score (nSPS) is 7.45. The molecule has 4 heteroatoms. The first kappa shape index (κ1) is 9.50. The van der Waals surface area contributed by atoms with Crippen LogP contribution < -0.4 is 10.6 Å². The van der Waals surface area contributed by atoms with Crippen LogP contribution in [0.5, 0.6) is 0 Å². The van der Waals surface area contributed by atoms with Crippen LogP contribution in [-0.2, 0) is 9.59 Å². The molecule has 0 aliphatic rings. The molecule has 0 radical (unpaired) electrons. The van der Waals surface area contributed by atoms with Crippen molar-refractivity contribution in [2.24, 2.45) is 0 Å². The fourth-order valence-electron chi connectivity index (χ4n) is 0.356. The summed E-state index contributed by atoms with van der Waals surface area (Å²) < 4.78 is 0. The SMILES string of the molecule is CNC(=O)C#CCNC(C)=O. The fraction of sp³-hybridized carbons (Fsp3) is 0.429. The molecular weight excluding hydrogens is 144 g/mol. The van der Waals surface area contributed by atoms with E-state index in [4.69, 9.17) is 0 Å². The van der Waals surface area contributed by atoms with Crippen LogP contribution in [0.2, 0.25) is 0 Å². The third-order valence-electron chi connectivity index (χ3n) is 0.855. The quantitative estimate of drug-likeness (QED) is 0.470. The van der Waals surface area contributed by atoms with E-state index in [0.717, 1.165) is 0 Å². The average molecular weight is 154 g/mol. The maximum Gasteiger partial charge on any atom is 0.295 e. The lowest BCUT2D eigenvalue weighted by molar-refractivity contribution is -0.119. The van der Waals surface area contributed by atoms with Crippen molar-refractivity contribution in [1.82, 2.24) is 10.6 Å². The third-order valence-corrected chi connectivity index (χ3v) is 0.855. The number of rotatable bonds is 1. The lowest BCUT2D eigenvalue weighted by atomic mass is 10.5. The summed E-state index contributed by atoms with van der Waals surface area (Å²) in [6, 6.07) is 0. The van der Waals surface area contributed by atoms with Gasteiger partial charge in [0.2, 0.25) is 5.91 Å². The topological polar surface area (TPSA) is 58.2 Å². The van der Waals surface area contributed by atoms with Gasteiger partial charge in [0.1, 0.15) is 0 Å². The Bertz CT molecular complexity index is 212. The van der Waals surface area contributed by atoms with Gasteiger partial charge in [-0.15, -0.1) is 0 Å². The molecule has 0 fully saturated rings. The van der Waals surface area contributed by atoms with Gasteiger partial charge >= 0.3 is 0 Å². The van der Waals surface area contributed by atoms with Gasteiger partial charge in [0.05, 0.1) is 6.54 Å². The molecule has 0 aromatic rings. The lowest BCUT2D eigenvalue weighted by Gasteiger charge is -1.90. The van der Waals surface area contributed by atoms with Crippen LogP contribution in [-0.4, -0.2) is 25.4 Å². The third kappa shape index (κ3) is 6.38. The van der Waals surface area contributed by atoms with Crippen LogP contribution in [0.15, 0.2) is 0 Å². The number of carbonyl (C=O) groups is 2. The van der Waals surface area contributed by atoms with Gasteiger partial charge in [-0.2, -0.15) is 0 Å². The van der Waals surface area contributed by atoms with E-state index in [2.05, 4.69) is 22.5 Å². The number of hydrogen-bond acceptors (Lipinski definition) is 2. The summed E-state index contributed by atoms with van der Waals surface area (Å²) in [4.78, 5) is 20.7. The molecule has 60 valence electrons. The van der Waals surface area contributed by atoms with Crippen molar-refractivity contribution in [2.75, 3.05) is 13.6 Å². The van der Waals surface area contributed by atoms with Crippen molar-refractivity contribution in [1.29, 1.82) is 0 Å². The standard InChI is InChI=1S/C7H10N2O2/c1-6(10)9-5-3-4-7(11)8-2/h5H2,1-2H3,(H,8,11)(H,9,10). The Labute approximate surface area is 65.4 Å². The molecule has 2 N–H and O–H groups in total. The molecule has 0 aromatic carbocycles. The van der Waals surface area contributed by atoms with Gasteiger partial charge in [0, 0.05) is 14.0 Å². The molecule has 0 aliphatic carbocycles. The van der Waals surface area contributed by atoms with Gasteiger partial charge in [-0.25, -0.2) is 0 Å². The zero-order valence-electron chi connectivity index (χ0n) is 6.52. The molecule has 0 saturated carbocycles. The molecule has 0 saturated heterocycles. The number of hydrogen-bond donors (Lipinski definition) is 2. The maximum absolute atomic E-state index is 10.5. The van der Waals surface area contributed by atoms with E-state index < -0.39 is 0 Å². The molecule has 0 heterocycles. The molecule has 0 rings (SSSR count). The number of carbonyl (C=O) groups excluding carboxylic acids is 2. The first-order valence-electron chi connectivity index (χ1n) is 3.12. The second kappa shape index (κ2) is 5.30. The monoisotopic (exact) mass is 154 g/mol. The highest BCUT2D eigenvalue weighted by Gasteiger charge is 1.86. The highest BCUT2D eigenvalue weighted by Crippen LogP contribution is 1.60. The largest absolute Gasteiger partial charge is 0.348 e. The van der Waals surface area contributed by atoms with Gasteiger partial charge in [-0.3, -0.25) is 9.59 Å². The summed E-state index contributed by atoms with van der Waals surface area (Å²) in [5.74, 6) is 4.24. The van der Waals surface area contributed by atoms with E-state index in [-0.39, 0.29) is 18.4 Å². The second-order valence-corrected chi connectivity index (χ2v) is 1.79. The van der Waals surface area contributed by atoms with Gasteiger partial charge < -0.3 is 10.6 Å². The zero-order chi connectivity index (χ0) is 8.69. The zero-order valence-corrected chi connectivity index (χ0v) is 6.52. The molecular formula is C7H10N2O2. The van der Waals surface area contributed by atoms with Crippen molar-refractivity contribution in [3.8, 4) is 11.8 Å². The van der Waals surface area contributed by atoms with Crippen LogP contribution >= 0.6 is 0 Å². The van der Waals surface area contributed by atoms with Gasteiger partial charge in [0.15, 0.2) is 0 Å². The lowest BCUT2D eigenvalue weighted by Crippen LogP contribution is -2.20. The average Bonchev–Trinajstić information content (AvgIpc) is 1.97. The minimum Gasteiger partial charge on any atom is -0.348 e. The Balaban J connectivity index is 3.56. The minimum absolute atomic E-state index is 0.156. The van der Waals surface area contributed by atoms with Crippen molar-refractivity contribution in [2.45, 2.75) is 6.92 Å². The smallest absolute Gasteiger partial charge is 0.295 e. The van der Waals surface area contributed by atoms with Gasteiger partial charge in [0.25, 0.3) is 5.91 Å². The van der Waals surface area contributed by atoms with Crippen molar-refractivity contribution in [3.63, 3.8) is 0 Å². The summed E-state index contributed by atoms with van der Waals surface area (Å²) in [6.45, 7) is 1.60. The molecule has 4 nitrogen and oxygen atoms in total. The van der Waals surface area contributed by atoms with Crippen molar-refractivity contribution in [3.05, 3.63) is 0 Å². The Hall–Kier alpha value is -1.50. The Morgan fingerprint density at radius 2 is 2.09 bits per heavy atom. The van der Waals surface area contributed by atoms with E-state index in [0.29, 0.717) is 0 Å². The van der Waals surface area contributed by atoms with E-state index in [1.165, 1.54) is 14.0 Å². The minimum atomic E-state index is -0.352. The van der Waals surface area contributed by atoms with E-state index in [1.807, 2.05) is 0 Å². The van der Waals surface area contributed by atoms with Crippen molar-refractivity contribution >= 4 is 11.8 Å². The van der Waals surface area contributed by atoms with E-state index >= 15 is 0 Å². The summed E-state index contributed by atoms with van der Waals surface area (Å²) in [5.41, 5.74) is 0. The maximum atomic E-state index is 10.5. The summed E-state index contributed by atoms with van der Waals surface area (Å²) in [7, 11) is 1.50. The highest BCUT2D eigenvalue weighted by atomic mass is 16.2.